The lowest BCUT2D eigenvalue weighted by molar-refractivity contribution is 0.0991. The van der Waals surface area contributed by atoms with Crippen LogP contribution in [0.5, 0.6) is 5.75 Å². The number of aryl methyl sites for hydroxylation is 1. The summed E-state index contributed by atoms with van der Waals surface area (Å²) < 4.78 is 18.6. The van der Waals surface area contributed by atoms with Gasteiger partial charge in [-0.3, -0.25) is 4.79 Å². The van der Waals surface area contributed by atoms with Crippen molar-refractivity contribution in [3.8, 4) is 5.75 Å². The zero-order valence-electron chi connectivity index (χ0n) is 11.2. The summed E-state index contributed by atoms with van der Waals surface area (Å²) in [5, 5.41) is 0.00897. The lowest BCUT2D eigenvalue weighted by Crippen LogP contribution is -2.05. The Bertz CT molecular complexity index is 653. The lowest BCUT2D eigenvalue weighted by atomic mass is 10.0. The lowest BCUT2D eigenvalue weighted by Gasteiger charge is -2.09. The van der Waals surface area contributed by atoms with E-state index in [2.05, 4.69) is 0 Å². The van der Waals surface area contributed by atoms with Gasteiger partial charge in [-0.2, -0.15) is 0 Å². The van der Waals surface area contributed by atoms with Gasteiger partial charge in [-0.05, 0) is 31.2 Å². The van der Waals surface area contributed by atoms with Gasteiger partial charge in [0.2, 0.25) is 0 Å². The van der Waals surface area contributed by atoms with Gasteiger partial charge in [0, 0.05) is 17.5 Å². The molecule has 0 spiro atoms. The third-order valence-electron chi connectivity index (χ3n) is 3.03. The molecule has 0 fully saturated rings. The molecule has 0 N–H and O–H groups in total. The van der Waals surface area contributed by atoms with Crippen LogP contribution in [-0.4, -0.2) is 12.9 Å². The number of ether oxygens (including phenoxy) is 1. The molecule has 2 nitrogen and oxygen atoms in total. The van der Waals surface area contributed by atoms with Crippen LogP contribution in [0.1, 0.15) is 21.5 Å². The van der Waals surface area contributed by atoms with Crippen molar-refractivity contribution in [1.82, 2.24) is 0 Å². The number of benzene rings is 2. The average molecular weight is 293 g/mol. The highest BCUT2D eigenvalue weighted by atomic mass is 35.5. The Morgan fingerprint density at radius 2 is 2.00 bits per heavy atom. The third kappa shape index (κ3) is 3.17. The van der Waals surface area contributed by atoms with Crippen LogP contribution < -0.4 is 4.74 Å². The molecule has 0 aliphatic rings. The topological polar surface area (TPSA) is 26.3 Å². The first-order chi connectivity index (χ1) is 9.51. The summed E-state index contributed by atoms with van der Waals surface area (Å²) in [7, 11) is 1.56. The number of hydrogen-bond acceptors (Lipinski definition) is 2. The fourth-order valence-electron chi connectivity index (χ4n) is 1.99. The SMILES string of the molecule is COc1ccc(C)cc1CC(=O)c1ccc(Cl)c(F)c1. The van der Waals surface area contributed by atoms with Crippen molar-refractivity contribution in [1.29, 1.82) is 0 Å². The highest BCUT2D eigenvalue weighted by molar-refractivity contribution is 6.30. The van der Waals surface area contributed by atoms with Gasteiger partial charge < -0.3 is 4.74 Å². The minimum atomic E-state index is -0.589. The van der Waals surface area contributed by atoms with E-state index in [-0.39, 0.29) is 17.2 Å². The molecule has 0 atom stereocenters. The normalized spacial score (nSPS) is 10.4. The van der Waals surface area contributed by atoms with Gasteiger partial charge in [-0.15, -0.1) is 0 Å². The van der Waals surface area contributed by atoms with Gasteiger partial charge in [0.25, 0.3) is 0 Å². The van der Waals surface area contributed by atoms with Crippen LogP contribution in [0.25, 0.3) is 0 Å². The minimum Gasteiger partial charge on any atom is -0.496 e. The molecule has 0 radical (unpaired) electrons. The smallest absolute Gasteiger partial charge is 0.167 e. The number of hydrogen-bond donors (Lipinski definition) is 0. The highest BCUT2D eigenvalue weighted by Gasteiger charge is 2.13. The van der Waals surface area contributed by atoms with Gasteiger partial charge in [-0.1, -0.05) is 29.3 Å². The first-order valence-electron chi connectivity index (χ1n) is 6.13. The van der Waals surface area contributed by atoms with E-state index in [9.17, 15) is 9.18 Å². The van der Waals surface area contributed by atoms with Crippen molar-refractivity contribution in [2.45, 2.75) is 13.3 Å². The molecule has 0 saturated carbocycles. The molecule has 20 heavy (non-hydrogen) atoms. The fraction of sp³-hybridized carbons (Fsp3) is 0.188. The second-order valence-electron chi connectivity index (χ2n) is 4.54. The third-order valence-corrected chi connectivity index (χ3v) is 3.34. The molecule has 0 aromatic heterocycles. The van der Waals surface area contributed by atoms with Crippen LogP contribution in [-0.2, 0) is 6.42 Å². The summed E-state index contributed by atoms with van der Waals surface area (Å²) in [6.45, 7) is 1.94. The Balaban J connectivity index is 2.27. The van der Waals surface area contributed by atoms with Crippen LogP contribution in [0.4, 0.5) is 4.39 Å². The Labute approximate surface area is 122 Å². The Morgan fingerprint density at radius 1 is 1.25 bits per heavy atom. The van der Waals surface area contributed by atoms with Gasteiger partial charge in [-0.25, -0.2) is 4.39 Å². The number of carbonyl (C=O) groups is 1. The molecule has 0 unspecified atom stereocenters. The summed E-state index contributed by atoms with van der Waals surface area (Å²) in [5.74, 6) is -0.114. The molecule has 4 heteroatoms. The molecule has 104 valence electrons. The van der Waals surface area contributed by atoms with Gasteiger partial charge >= 0.3 is 0 Å². The first-order valence-corrected chi connectivity index (χ1v) is 6.51. The minimum absolute atomic E-state index is 0.00897. The molecule has 0 aliphatic carbocycles. The number of ketones is 1. The van der Waals surface area contributed by atoms with Crippen LogP contribution in [0.3, 0.4) is 0 Å². The van der Waals surface area contributed by atoms with E-state index in [1.807, 2.05) is 25.1 Å². The van der Waals surface area contributed by atoms with Crippen LogP contribution in [0, 0.1) is 12.7 Å². The van der Waals surface area contributed by atoms with E-state index in [1.165, 1.54) is 12.1 Å². The average Bonchev–Trinajstić information content (AvgIpc) is 2.42. The second-order valence-corrected chi connectivity index (χ2v) is 4.95. The van der Waals surface area contributed by atoms with E-state index in [1.54, 1.807) is 7.11 Å². The number of Topliss-reactive ketones (excluding diaryl/α,β-unsaturated/α-hetero) is 1. The Kier molecular flexibility index (Phi) is 4.40. The van der Waals surface area contributed by atoms with Crippen LogP contribution >= 0.6 is 11.6 Å². The largest absolute Gasteiger partial charge is 0.496 e. The van der Waals surface area contributed by atoms with Crippen molar-refractivity contribution < 1.29 is 13.9 Å². The standard InChI is InChI=1S/C16H14ClFO2/c1-10-3-6-16(20-2)12(7-10)9-15(19)11-4-5-13(17)14(18)8-11/h3-8H,9H2,1-2H3. The molecule has 0 aliphatic heterocycles. The van der Waals surface area contributed by atoms with E-state index < -0.39 is 5.82 Å². The Morgan fingerprint density at radius 3 is 2.65 bits per heavy atom. The first kappa shape index (κ1) is 14.5. The fourth-order valence-corrected chi connectivity index (χ4v) is 2.11. The zero-order chi connectivity index (χ0) is 14.7. The molecule has 0 saturated heterocycles. The summed E-state index contributed by atoms with van der Waals surface area (Å²) in [6, 6.07) is 9.69. The Hall–Kier alpha value is -1.87. The number of halogens is 2. The molecular formula is C16H14ClFO2. The molecule has 2 aromatic rings. The van der Waals surface area contributed by atoms with E-state index in [0.29, 0.717) is 11.3 Å². The molecular weight excluding hydrogens is 279 g/mol. The molecule has 2 rings (SSSR count). The number of carbonyl (C=O) groups excluding carboxylic acids is 1. The predicted octanol–water partition coefficient (Wildman–Crippen LogP) is 4.22. The monoisotopic (exact) mass is 292 g/mol. The molecule has 0 heterocycles. The van der Waals surface area contributed by atoms with Gasteiger partial charge in [0.1, 0.15) is 11.6 Å². The van der Waals surface area contributed by atoms with Crippen molar-refractivity contribution in [2.24, 2.45) is 0 Å². The van der Waals surface area contributed by atoms with E-state index >= 15 is 0 Å². The van der Waals surface area contributed by atoms with Gasteiger partial charge in [0.05, 0.1) is 12.1 Å². The summed E-state index contributed by atoms with van der Waals surface area (Å²) in [6.07, 6.45) is 0.159. The van der Waals surface area contributed by atoms with E-state index in [0.717, 1.165) is 17.2 Å². The van der Waals surface area contributed by atoms with Crippen molar-refractivity contribution in [3.05, 3.63) is 63.9 Å². The van der Waals surface area contributed by atoms with Crippen molar-refractivity contribution in [3.63, 3.8) is 0 Å². The molecule has 0 amide bonds. The summed E-state index contributed by atoms with van der Waals surface area (Å²) in [5.41, 5.74) is 2.12. The highest BCUT2D eigenvalue weighted by Crippen LogP contribution is 2.22. The molecule has 0 bridgehead atoms. The number of rotatable bonds is 4. The van der Waals surface area contributed by atoms with Crippen LogP contribution in [0.2, 0.25) is 5.02 Å². The maximum Gasteiger partial charge on any atom is 0.167 e. The predicted molar refractivity (Wildman–Crippen MR) is 77.2 cm³/mol. The molecule has 2 aromatic carbocycles. The summed E-state index contributed by atoms with van der Waals surface area (Å²) in [4.78, 5) is 12.2. The van der Waals surface area contributed by atoms with Gasteiger partial charge in [0.15, 0.2) is 5.78 Å². The number of methoxy groups -OCH3 is 1. The van der Waals surface area contributed by atoms with Crippen molar-refractivity contribution >= 4 is 17.4 Å². The van der Waals surface area contributed by atoms with Crippen molar-refractivity contribution in [2.75, 3.05) is 7.11 Å². The van der Waals surface area contributed by atoms with Crippen LogP contribution in [0.15, 0.2) is 36.4 Å². The quantitative estimate of drug-likeness (QED) is 0.789. The van der Waals surface area contributed by atoms with E-state index in [4.69, 9.17) is 16.3 Å². The maximum atomic E-state index is 13.4. The maximum absolute atomic E-state index is 13.4. The summed E-state index contributed by atoms with van der Waals surface area (Å²) >= 11 is 5.61. The zero-order valence-corrected chi connectivity index (χ0v) is 12.0. The second kappa shape index (κ2) is 6.06.